The number of nitrogens with two attached hydrogens (primary N) is 1. The van der Waals surface area contributed by atoms with Crippen molar-refractivity contribution < 1.29 is 0 Å². The molecule has 3 heteroatoms. The molecule has 12 heavy (non-hydrogen) atoms. The van der Waals surface area contributed by atoms with Gasteiger partial charge in [-0.3, -0.25) is 0 Å². The number of aryl methyl sites for hydroxylation is 2. The smallest absolute Gasteiger partial charge is 0.126 e. The van der Waals surface area contributed by atoms with E-state index < -0.39 is 0 Å². The third-order valence-corrected chi connectivity index (χ3v) is 1.76. The highest BCUT2D eigenvalue weighted by atomic mass is 35.5. The van der Waals surface area contributed by atoms with E-state index in [0.29, 0.717) is 10.8 Å². The van der Waals surface area contributed by atoms with Crippen molar-refractivity contribution in [3.63, 3.8) is 0 Å². The van der Waals surface area contributed by atoms with Gasteiger partial charge in [-0.1, -0.05) is 25.4 Å². The molecule has 1 heterocycles. The van der Waals surface area contributed by atoms with Gasteiger partial charge in [0.15, 0.2) is 0 Å². The number of hydrogen-bond donors (Lipinski definition) is 1. The van der Waals surface area contributed by atoms with Crippen molar-refractivity contribution >= 4 is 17.4 Å². The average molecular weight is 187 g/mol. The fourth-order valence-electron chi connectivity index (χ4n) is 0.691. The van der Waals surface area contributed by atoms with E-state index in [1.165, 1.54) is 0 Å². The Bertz CT molecular complexity index is 209. The lowest BCUT2D eigenvalue weighted by molar-refractivity contribution is 1.18. The first-order valence-electron chi connectivity index (χ1n) is 4.00. The topological polar surface area (TPSA) is 38.9 Å². The van der Waals surface area contributed by atoms with Gasteiger partial charge in [0.1, 0.15) is 5.82 Å². The minimum absolute atomic E-state index is 0.557. The fourth-order valence-corrected chi connectivity index (χ4v) is 0.897. The molecule has 2 nitrogen and oxygen atoms in total. The third-order valence-electron chi connectivity index (χ3n) is 1.38. The zero-order valence-corrected chi connectivity index (χ0v) is 8.74. The summed E-state index contributed by atoms with van der Waals surface area (Å²) in [6.07, 6.45) is 0. The van der Waals surface area contributed by atoms with Crippen LogP contribution in [-0.2, 0) is 0 Å². The van der Waals surface area contributed by atoms with Gasteiger partial charge in [0, 0.05) is 0 Å². The normalized spacial score (nSPS) is 8.75. The maximum absolute atomic E-state index is 5.77. The monoisotopic (exact) mass is 186 g/mol. The SMILES string of the molecule is CC.Cc1cc(Cl)c(C)nc1N. The molecule has 1 aromatic heterocycles. The summed E-state index contributed by atoms with van der Waals surface area (Å²) in [6.45, 7) is 7.71. The van der Waals surface area contributed by atoms with Crippen LogP contribution in [0.1, 0.15) is 25.1 Å². The first kappa shape index (κ1) is 11.2. The van der Waals surface area contributed by atoms with Crippen LogP contribution < -0.4 is 5.73 Å². The summed E-state index contributed by atoms with van der Waals surface area (Å²) in [5.41, 5.74) is 7.23. The van der Waals surface area contributed by atoms with Gasteiger partial charge in [0.05, 0.1) is 10.7 Å². The molecule has 0 bridgehead atoms. The van der Waals surface area contributed by atoms with Gasteiger partial charge in [-0.25, -0.2) is 4.98 Å². The molecule has 0 aromatic carbocycles. The lowest BCUT2D eigenvalue weighted by Crippen LogP contribution is -1.95. The molecule has 68 valence electrons. The lowest BCUT2D eigenvalue weighted by atomic mass is 10.2. The second-order valence-electron chi connectivity index (χ2n) is 2.26. The molecule has 1 aromatic rings. The van der Waals surface area contributed by atoms with Crippen LogP contribution in [0, 0.1) is 13.8 Å². The molecule has 0 aliphatic rings. The van der Waals surface area contributed by atoms with E-state index in [4.69, 9.17) is 17.3 Å². The van der Waals surface area contributed by atoms with Crippen molar-refractivity contribution in [1.29, 1.82) is 0 Å². The van der Waals surface area contributed by atoms with E-state index in [1.54, 1.807) is 0 Å². The highest BCUT2D eigenvalue weighted by Crippen LogP contribution is 2.17. The van der Waals surface area contributed by atoms with Crippen LogP contribution >= 0.6 is 11.6 Å². The maximum Gasteiger partial charge on any atom is 0.126 e. The Balaban J connectivity index is 0.000000561. The Morgan fingerprint density at radius 2 is 1.83 bits per heavy atom. The van der Waals surface area contributed by atoms with E-state index in [2.05, 4.69) is 4.98 Å². The largest absolute Gasteiger partial charge is 0.383 e. The Kier molecular flexibility index (Phi) is 4.67. The predicted octanol–water partition coefficient (Wildman–Crippen LogP) is 2.96. The Hall–Kier alpha value is -0.760. The van der Waals surface area contributed by atoms with Crippen LogP contribution in [0.2, 0.25) is 5.02 Å². The second-order valence-corrected chi connectivity index (χ2v) is 2.66. The number of aromatic nitrogens is 1. The summed E-state index contributed by atoms with van der Waals surface area (Å²) in [4.78, 5) is 4.02. The fraction of sp³-hybridized carbons (Fsp3) is 0.444. The molecule has 2 N–H and O–H groups in total. The second kappa shape index (κ2) is 4.99. The molecule has 0 unspecified atom stereocenters. The lowest BCUT2D eigenvalue weighted by Gasteiger charge is -2.01. The first-order chi connectivity index (χ1) is 5.61. The summed E-state index contributed by atoms with van der Waals surface area (Å²) in [5.74, 6) is 0.557. The van der Waals surface area contributed by atoms with Gasteiger partial charge in [0.2, 0.25) is 0 Å². The average Bonchev–Trinajstić information content (AvgIpc) is 2.05. The highest BCUT2D eigenvalue weighted by Gasteiger charge is 1.99. The van der Waals surface area contributed by atoms with E-state index in [0.717, 1.165) is 11.3 Å². The number of anilines is 1. The van der Waals surface area contributed by atoms with Crippen LogP contribution in [0.5, 0.6) is 0 Å². The van der Waals surface area contributed by atoms with Crippen molar-refractivity contribution in [2.24, 2.45) is 0 Å². The zero-order chi connectivity index (χ0) is 9.72. The molecule has 0 saturated carbocycles. The molecule has 1 rings (SSSR count). The number of rotatable bonds is 0. The summed E-state index contributed by atoms with van der Waals surface area (Å²) in [5, 5.41) is 0.673. The van der Waals surface area contributed by atoms with Crippen LogP contribution in [-0.4, -0.2) is 4.98 Å². The maximum atomic E-state index is 5.77. The van der Waals surface area contributed by atoms with Crippen LogP contribution in [0.15, 0.2) is 6.07 Å². The number of nitrogens with zero attached hydrogens (tertiary/aromatic N) is 1. The molecule has 0 spiro atoms. The number of halogens is 1. The summed E-state index contributed by atoms with van der Waals surface area (Å²) < 4.78 is 0. The third kappa shape index (κ3) is 2.70. The van der Waals surface area contributed by atoms with Crippen LogP contribution in [0.3, 0.4) is 0 Å². The van der Waals surface area contributed by atoms with Crippen molar-refractivity contribution in [1.82, 2.24) is 4.98 Å². The standard InChI is InChI=1S/C7H9ClN2.C2H6/c1-4-3-6(8)5(2)10-7(4)9;1-2/h3H,1-2H3,(H2,9,10);1-2H3. The Labute approximate surface area is 78.8 Å². The molecular formula is C9H15ClN2. The van der Waals surface area contributed by atoms with Gasteiger partial charge in [0.25, 0.3) is 0 Å². The molecule has 0 aliphatic heterocycles. The van der Waals surface area contributed by atoms with Crippen molar-refractivity contribution in [3.05, 3.63) is 22.3 Å². The molecule has 0 radical (unpaired) electrons. The Morgan fingerprint density at radius 3 is 2.25 bits per heavy atom. The molecule has 0 fully saturated rings. The summed E-state index contributed by atoms with van der Waals surface area (Å²) in [6, 6.07) is 1.82. The summed E-state index contributed by atoms with van der Waals surface area (Å²) in [7, 11) is 0. The van der Waals surface area contributed by atoms with Gasteiger partial charge < -0.3 is 5.73 Å². The van der Waals surface area contributed by atoms with Crippen LogP contribution in [0.4, 0.5) is 5.82 Å². The van der Waals surface area contributed by atoms with E-state index in [-0.39, 0.29) is 0 Å². The first-order valence-corrected chi connectivity index (χ1v) is 4.38. The highest BCUT2D eigenvalue weighted by molar-refractivity contribution is 6.31. The van der Waals surface area contributed by atoms with Gasteiger partial charge in [-0.05, 0) is 25.5 Å². The zero-order valence-electron chi connectivity index (χ0n) is 7.98. The van der Waals surface area contributed by atoms with Crippen molar-refractivity contribution in [2.45, 2.75) is 27.7 Å². The van der Waals surface area contributed by atoms with Gasteiger partial charge in [-0.15, -0.1) is 0 Å². The van der Waals surface area contributed by atoms with Crippen molar-refractivity contribution in [2.75, 3.05) is 5.73 Å². The molecule has 0 atom stereocenters. The molecule has 0 amide bonds. The number of hydrogen-bond acceptors (Lipinski definition) is 2. The Morgan fingerprint density at radius 1 is 1.33 bits per heavy atom. The van der Waals surface area contributed by atoms with E-state index >= 15 is 0 Å². The minimum atomic E-state index is 0.557. The van der Waals surface area contributed by atoms with E-state index in [1.807, 2.05) is 33.8 Å². The quantitative estimate of drug-likeness (QED) is 0.677. The minimum Gasteiger partial charge on any atom is -0.383 e. The molecular weight excluding hydrogens is 172 g/mol. The predicted molar refractivity (Wildman–Crippen MR) is 54.5 cm³/mol. The van der Waals surface area contributed by atoms with Gasteiger partial charge in [-0.2, -0.15) is 0 Å². The number of pyridine rings is 1. The van der Waals surface area contributed by atoms with E-state index in [9.17, 15) is 0 Å². The summed E-state index contributed by atoms with van der Waals surface area (Å²) >= 11 is 5.77. The van der Waals surface area contributed by atoms with Gasteiger partial charge >= 0.3 is 0 Å². The van der Waals surface area contributed by atoms with Crippen LogP contribution in [0.25, 0.3) is 0 Å². The van der Waals surface area contributed by atoms with Crippen molar-refractivity contribution in [3.8, 4) is 0 Å². The molecule has 0 saturated heterocycles. The molecule has 0 aliphatic carbocycles. The number of nitrogen functional groups attached to an aromatic ring is 1.